The molecule has 2 aromatic carbocycles. The van der Waals surface area contributed by atoms with E-state index in [1.807, 2.05) is 36.5 Å². The second-order valence-corrected chi connectivity index (χ2v) is 9.00. The molecule has 4 atom stereocenters. The van der Waals surface area contributed by atoms with E-state index in [0.29, 0.717) is 17.6 Å². The molecule has 2 fully saturated rings. The molecule has 0 saturated heterocycles. The lowest BCUT2D eigenvalue weighted by molar-refractivity contribution is 0.0955. The molecule has 1 N–H and O–H groups in total. The van der Waals surface area contributed by atoms with Crippen molar-refractivity contribution in [3.05, 3.63) is 65.2 Å². The van der Waals surface area contributed by atoms with Gasteiger partial charge in [0.15, 0.2) is 0 Å². The van der Waals surface area contributed by atoms with E-state index in [9.17, 15) is 5.11 Å². The van der Waals surface area contributed by atoms with Gasteiger partial charge in [-0.15, -0.1) is 0 Å². The van der Waals surface area contributed by atoms with Gasteiger partial charge in [0.05, 0.1) is 6.21 Å². The Morgan fingerprint density at radius 2 is 1.89 bits per heavy atom. The van der Waals surface area contributed by atoms with Crippen molar-refractivity contribution in [1.29, 1.82) is 0 Å². The van der Waals surface area contributed by atoms with Crippen LogP contribution in [0.25, 0.3) is 0 Å². The van der Waals surface area contributed by atoms with E-state index in [1.165, 1.54) is 42.5 Å². The molecule has 0 aromatic heterocycles. The Kier molecular flexibility index (Phi) is 4.34. The summed E-state index contributed by atoms with van der Waals surface area (Å²) in [5.74, 6) is 2.50. The van der Waals surface area contributed by atoms with Crippen molar-refractivity contribution in [2.75, 3.05) is 0 Å². The van der Waals surface area contributed by atoms with E-state index in [4.69, 9.17) is 5.10 Å². The molecule has 0 amide bonds. The number of nitrogens with zero attached hydrogens (tertiary/aromatic N) is 2. The molecule has 0 spiro atoms. The van der Waals surface area contributed by atoms with Crippen LogP contribution >= 0.6 is 0 Å². The van der Waals surface area contributed by atoms with E-state index in [0.717, 1.165) is 24.3 Å². The van der Waals surface area contributed by atoms with Crippen LogP contribution < -0.4 is 0 Å². The fourth-order valence-electron chi connectivity index (χ4n) is 6.23. The number of hydrogen-bond donors (Lipinski definition) is 1. The maximum Gasteiger partial charge on any atom is 0.115 e. The zero-order valence-electron chi connectivity index (χ0n) is 16.5. The van der Waals surface area contributed by atoms with Crippen LogP contribution in [-0.2, 0) is 6.42 Å². The number of phenolic OH excluding ortho intramolecular Hbond substituents is 1. The number of rotatable bonds is 2. The Labute approximate surface area is 167 Å². The molecule has 28 heavy (non-hydrogen) atoms. The van der Waals surface area contributed by atoms with Gasteiger partial charge in [-0.1, -0.05) is 43.3 Å². The highest BCUT2D eigenvalue weighted by Gasteiger charge is 2.53. The van der Waals surface area contributed by atoms with Crippen LogP contribution in [0.2, 0.25) is 0 Å². The van der Waals surface area contributed by atoms with Crippen molar-refractivity contribution in [3.63, 3.8) is 0 Å². The second kappa shape index (κ2) is 6.88. The van der Waals surface area contributed by atoms with Crippen molar-refractivity contribution in [2.45, 2.75) is 51.4 Å². The highest BCUT2D eigenvalue weighted by Crippen LogP contribution is 2.60. The number of benzene rings is 2. The van der Waals surface area contributed by atoms with Gasteiger partial charge < -0.3 is 5.11 Å². The van der Waals surface area contributed by atoms with Crippen molar-refractivity contribution in [1.82, 2.24) is 0 Å². The van der Waals surface area contributed by atoms with Crippen molar-refractivity contribution < 1.29 is 5.11 Å². The van der Waals surface area contributed by atoms with Gasteiger partial charge >= 0.3 is 0 Å². The molecular weight excluding hydrogens is 344 g/mol. The van der Waals surface area contributed by atoms with Crippen LogP contribution in [0.1, 0.15) is 61.6 Å². The third kappa shape index (κ3) is 2.88. The molecular formula is C25H28N2O. The van der Waals surface area contributed by atoms with E-state index >= 15 is 0 Å². The fraction of sp³-hybridized carbons (Fsp3) is 0.440. The Morgan fingerprint density at radius 1 is 1.04 bits per heavy atom. The first-order chi connectivity index (χ1) is 13.6. The average Bonchev–Trinajstić information content (AvgIpc) is 3.05. The summed E-state index contributed by atoms with van der Waals surface area (Å²) in [7, 11) is 0. The minimum Gasteiger partial charge on any atom is -0.508 e. The minimum absolute atomic E-state index is 0.198. The second-order valence-electron chi connectivity index (χ2n) is 9.00. The van der Waals surface area contributed by atoms with E-state index < -0.39 is 0 Å². The quantitative estimate of drug-likeness (QED) is 0.531. The Bertz CT molecular complexity index is 933. The number of fused-ring (bicyclic) bond motifs is 5. The summed E-state index contributed by atoms with van der Waals surface area (Å²) in [4.78, 5) is 0. The summed E-state index contributed by atoms with van der Waals surface area (Å²) >= 11 is 0. The smallest absolute Gasteiger partial charge is 0.115 e. The first-order valence-corrected chi connectivity index (χ1v) is 10.6. The van der Waals surface area contributed by atoms with Crippen LogP contribution in [0.5, 0.6) is 5.75 Å². The van der Waals surface area contributed by atoms with Crippen molar-refractivity contribution >= 4 is 11.9 Å². The molecule has 3 aliphatic carbocycles. The van der Waals surface area contributed by atoms with E-state index in [1.54, 1.807) is 0 Å². The summed E-state index contributed by atoms with van der Waals surface area (Å²) in [6.45, 7) is 2.43. The van der Waals surface area contributed by atoms with E-state index in [-0.39, 0.29) is 5.41 Å². The Hall–Kier alpha value is -2.42. The van der Waals surface area contributed by atoms with Crippen LogP contribution in [0, 0.1) is 17.3 Å². The number of aryl methyl sites for hydroxylation is 1. The maximum atomic E-state index is 9.85. The summed E-state index contributed by atoms with van der Waals surface area (Å²) < 4.78 is 0. The van der Waals surface area contributed by atoms with Gasteiger partial charge in [0.25, 0.3) is 0 Å². The highest BCUT2D eigenvalue weighted by atomic mass is 16.3. The first kappa shape index (κ1) is 17.7. The van der Waals surface area contributed by atoms with Crippen molar-refractivity contribution in [2.24, 2.45) is 27.5 Å². The normalized spacial score (nSPS) is 32.9. The van der Waals surface area contributed by atoms with Crippen LogP contribution in [0.15, 0.2) is 58.7 Å². The third-order valence-electron chi connectivity index (χ3n) is 7.64. The maximum absolute atomic E-state index is 9.85. The highest BCUT2D eigenvalue weighted by molar-refractivity contribution is 5.93. The summed E-state index contributed by atoms with van der Waals surface area (Å²) in [5.41, 5.74) is 5.46. The van der Waals surface area contributed by atoms with E-state index in [2.05, 4.69) is 30.2 Å². The molecule has 0 unspecified atom stereocenters. The number of aromatic hydroxyl groups is 1. The van der Waals surface area contributed by atoms with Gasteiger partial charge in [-0.05, 0) is 85.1 Å². The molecule has 3 nitrogen and oxygen atoms in total. The predicted octanol–water partition coefficient (Wildman–Crippen LogP) is 5.72. The van der Waals surface area contributed by atoms with Crippen LogP contribution in [-0.4, -0.2) is 17.0 Å². The molecule has 0 aliphatic heterocycles. The minimum atomic E-state index is 0.198. The largest absolute Gasteiger partial charge is 0.508 e. The third-order valence-corrected chi connectivity index (χ3v) is 7.64. The Morgan fingerprint density at radius 3 is 2.75 bits per heavy atom. The lowest BCUT2D eigenvalue weighted by Gasteiger charge is -2.49. The fourth-order valence-corrected chi connectivity index (χ4v) is 6.23. The molecule has 2 saturated carbocycles. The first-order valence-electron chi connectivity index (χ1n) is 10.6. The molecule has 5 rings (SSSR count). The molecule has 3 aliphatic rings. The molecule has 0 bridgehead atoms. The van der Waals surface area contributed by atoms with Gasteiger partial charge in [-0.2, -0.15) is 10.2 Å². The van der Waals surface area contributed by atoms with Gasteiger partial charge in [0.2, 0.25) is 0 Å². The average molecular weight is 373 g/mol. The summed E-state index contributed by atoms with van der Waals surface area (Å²) in [6.07, 6.45) is 8.94. The predicted molar refractivity (Wildman–Crippen MR) is 114 cm³/mol. The zero-order chi connectivity index (χ0) is 19.1. The van der Waals surface area contributed by atoms with Gasteiger partial charge in [-0.3, -0.25) is 0 Å². The van der Waals surface area contributed by atoms with Crippen LogP contribution in [0.3, 0.4) is 0 Å². The standard InChI is InChI=1S/C25H28N2O/c1-25-14-13-21-20-10-8-19(28)15-18(20)7-9-22(21)23(25)11-12-24(25)27-26-16-17-5-3-2-4-6-17/h2-6,8,10,15-16,21-23,28H,7,9,11-14H2,1H3/b26-16-,27-24-/t21-,22+,23+,25-/m1/s1. The van der Waals surface area contributed by atoms with Crippen LogP contribution in [0.4, 0.5) is 0 Å². The molecule has 0 radical (unpaired) electrons. The molecule has 144 valence electrons. The zero-order valence-corrected chi connectivity index (χ0v) is 16.5. The monoisotopic (exact) mass is 372 g/mol. The number of phenols is 1. The van der Waals surface area contributed by atoms with Gasteiger partial charge in [0, 0.05) is 11.1 Å². The molecule has 3 heteroatoms. The summed E-state index contributed by atoms with van der Waals surface area (Å²) in [5, 5.41) is 19.0. The number of hydrogen-bond acceptors (Lipinski definition) is 3. The lowest BCUT2D eigenvalue weighted by Crippen LogP contribution is -2.42. The SMILES string of the molecule is C[C@@]12CC[C@@H]3c4ccc(O)cc4CC[C@@H]3[C@@H]1CC/C2=N/N=C\c1ccccc1. The lowest BCUT2D eigenvalue weighted by atomic mass is 9.55. The molecule has 2 aromatic rings. The van der Waals surface area contributed by atoms with Gasteiger partial charge in [-0.25, -0.2) is 0 Å². The Balaban J connectivity index is 1.39. The molecule has 0 heterocycles. The topological polar surface area (TPSA) is 45.0 Å². The van der Waals surface area contributed by atoms with Gasteiger partial charge in [0.1, 0.15) is 5.75 Å². The van der Waals surface area contributed by atoms with Crippen molar-refractivity contribution in [3.8, 4) is 5.75 Å². The summed E-state index contributed by atoms with van der Waals surface area (Å²) in [6, 6.07) is 16.2.